The van der Waals surface area contributed by atoms with Crippen molar-refractivity contribution in [2.24, 2.45) is 12.8 Å². The number of carbonyl (C=O) groups excluding carboxylic acids is 3. The lowest BCUT2D eigenvalue weighted by molar-refractivity contribution is -0.123. The number of nitrogens with zero attached hydrogens (tertiary/aromatic N) is 2. The highest BCUT2D eigenvalue weighted by molar-refractivity contribution is 6.50. The third-order valence-electron chi connectivity index (χ3n) is 6.94. The molecule has 2 aromatic carbocycles. The number of imide groups is 1. The predicted octanol–water partition coefficient (Wildman–Crippen LogP) is 3.33. The number of rotatable bonds is 9. The van der Waals surface area contributed by atoms with Crippen molar-refractivity contribution in [3.8, 4) is 0 Å². The second-order valence-electron chi connectivity index (χ2n) is 9.60. The summed E-state index contributed by atoms with van der Waals surface area (Å²) >= 11 is 0. The minimum absolute atomic E-state index is 0.138. The van der Waals surface area contributed by atoms with Gasteiger partial charge in [-0.1, -0.05) is 36.4 Å². The summed E-state index contributed by atoms with van der Waals surface area (Å²) in [5.74, 6) is -0.886. The van der Waals surface area contributed by atoms with Crippen LogP contribution in [0.2, 0.25) is 0 Å². The van der Waals surface area contributed by atoms with Crippen LogP contribution in [-0.4, -0.2) is 39.4 Å². The molecule has 190 valence electrons. The zero-order chi connectivity index (χ0) is 26.1. The van der Waals surface area contributed by atoms with E-state index in [1.165, 1.54) is 0 Å². The van der Waals surface area contributed by atoms with Gasteiger partial charge in [0, 0.05) is 65.5 Å². The number of nitrogens with one attached hydrogen (secondary N) is 2. The Hall–Kier alpha value is -4.17. The van der Waals surface area contributed by atoms with E-state index in [1.807, 2.05) is 72.5 Å². The molecular formula is C29H31N5O3. The molecule has 1 aliphatic rings. The largest absolute Gasteiger partial charge is 0.355 e. The van der Waals surface area contributed by atoms with Gasteiger partial charge < -0.3 is 20.2 Å². The van der Waals surface area contributed by atoms with Crippen molar-refractivity contribution >= 4 is 50.7 Å². The van der Waals surface area contributed by atoms with Gasteiger partial charge in [0.05, 0.1) is 17.2 Å². The van der Waals surface area contributed by atoms with Crippen molar-refractivity contribution in [1.82, 2.24) is 19.8 Å². The van der Waals surface area contributed by atoms with Gasteiger partial charge >= 0.3 is 0 Å². The van der Waals surface area contributed by atoms with E-state index in [0.29, 0.717) is 17.7 Å². The summed E-state index contributed by atoms with van der Waals surface area (Å²) in [7, 11) is 1.94. The van der Waals surface area contributed by atoms with E-state index in [-0.39, 0.29) is 17.7 Å². The second kappa shape index (κ2) is 10.1. The number of para-hydroxylation sites is 2. The molecule has 0 saturated heterocycles. The minimum Gasteiger partial charge on any atom is -0.355 e. The molecule has 5 rings (SSSR count). The topological polar surface area (TPSA) is 111 Å². The van der Waals surface area contributed by atoms with Crippen molar-refractivity contribution in [2.45, 2.75) is 38.8 Å². The first kappa shape index (κ1) is 24.5. The van der Waals surface area contributed by atoms with E-state index in [9.17, 15) is 14.4 Å². The van der Waals surface area contributed by atoms with Gasteiger partial charge in [-0.3, -0.25) is 19.7 Å². The third kappa shape index (κ3) is 4.56. The Kier molecular flexibility index (Phi) is 6.67. The lowest BCUT2D eigenvalue weighted by atomic mass is 9.95. The summed E-state index contributed by atoms with van der Waals surface area (Å²) in [6.45, 7) is 3.03. The number of carbonyl (C=O) groups is 3. The van der Waals surface area contributed by atoms with Crippen molar-refractivity contribution < 1.29 is 14.4 Å². The fourth-order valence-electron chi connectivity index (χ4n) is 5.10. The molecule has 0 unspecified atom stereocenters. The van der Waals surface area contributed by atoms with E-state index < -0.39 is 6.04 Å². The van der Waals surface area contributed by atoms with Gasteiger partial charge in [-0.25, -0.2) is 0 Å². The number of hydrogen-bond acceptors (Lipinski definition) is 4. The summed E-state index contributed by atoms with van der Waals surface area (Å²) in [6, 6.07) is 15.3. The Morgan fingerprint density at radius 1 is 0.892 bits per heavy atom. The van der Waals surface area contributed by atoms with Crippen LogP contribution in [0, 0.1) is 0 Å². The Morgan fingerprint density at radius 2 is 1.49 bits per heavy atom. The van der Waals surface area contributed by atoms with Crippen LogP contribution in [0.5, 0.6) is 0 Å². The molecule has 0 bridgehead atoms. The Labute approximate surface area is 215 Å². The number of nitrogens with two attached hydrogens (primary N) is 1. The highest BCUT2D eigenvalue weighted by Crippen LogP contribution is 2.38. The molecular weight excluding hydrogens is 466 g/mol. The van der Waals surface area contributed by atoms with Crippen molar-refractivity contribution in [1.29, 1.82) is 0 Å². The molecule has 1 aliphatic heterocycles. The maximum atomic E-state index is 13.2. The maximum Gasteiger partial charge on any atom is 0.259 e. The first-order valence-electron chi connectivity index (χ1n) is 12.6. The highest BCUT2D eigenvalue weighted by atomic mass is 16.2. The number of hydrogen-bond donors (Lipinski definition) is 3. The van der Waals surface area contributed by atoms with E-state index in [1.54, 1.807) is 6.92 Å². The molecule has 0 fully saturated rings. The fourth-order valence-corrected chi connectivity index (χ4v) is 5.10. The lowest BCUT2D eigenvalue weighted by Crippen LogP contribution is -2.38. The minimum atomic E-state index is -0.502. The molecule has 0 aliphatic carbocycles. The molecule has 8 heteroatoms. The van der Waals surface area contributed by atoms with Gasteiger partial charge in [-0.2, -0.15) is 0 Å². The van der Waals surface area contributed by atoms with E-state index in [0.717, 1.165) is 58.7 Å². The number of fused-ring (bicyclic) bond motifs is 2. The fraction of sp³-hybridized carbons (Fsp3) is 0.276. The molecule has 8 nitrogen and oxygen atoms in total. The quantitative estimate of drug-likeness (QED) is 0.243. The Balaban J connectivity index is 1.47. The molecule has 2 aromatic heterocycles. The maximum absolute atomic E-state index is 13.2. The molecule has 0 saturated carbocycles. The van der Waals surface area contributed by atoms with E-state index >= 15 is 0 Å². The first-order valence-corrected chi connectivity index (χ1v) is 12.6. The molecule has 1 atom stereocenters. The zero-order valence-corrected chi connectivity index (χ0v) is 21.1. The van der Waals surface area contributed by atoms with Gasteiger partial charge in [0.1, 0.15) is 0 Å². The lowest BCUT2D eigenvalue weighted by Gasteiger charge is -2.08. The van der Waals surface area contributed by atoms with Gasteiger partial charge in [0.2, 0.25) is 5.91 Å². The van der Waals surface area contributed by atoms with Crippen LogP contribution >= 0.6 is 0 Å². The van der Waals surface area contributed by atoms with Crippen molar-refractivity contribution in [3.63, 3.8) is 0 Å². The van der Waals surface area contributed by atoms with Crippen LogP contribution in [0.25, 0.3) is 33.0 Å². The Morgan fingerprint density at radius 3 is 2.16 bits per heavy atom. The van der Waals surface area contributed by atoms with Crippen LogP contribution in [-0.2, 0) is 28.0 Å². The number of aryl methyl sites for hydroxylation is 2. The average molecular weight is 498 g/mol. The molecule has 0 radical (unpaired) electrons. The number of benzene rings is 2. The SMILES string of the molecule is C[C@H](N)C(=O)NCCCCCn1cc(C2=C(c3cn(C)c4ccccc34)C(=O)NC2=O)c2ccccc21. The van der Waals surface area contributed by atoms with Crippen LogP contribution in [0.1, 0.15) is 37.3 Å². The first-order chi connectivity index (χ1) is 17.9. The summed E-state index contributed by atoms with van der Waals surface area (Å²) < 4.78 is 4.13. The number of unbranched alkanes of at least 4 members (excludes halogenated alkanes) is 2. The average Bonchev–Trinajstić information content (AvgIpc) is 3.51. The number of aromatic nitrogens is 2. The third-order valence-corrected chi connectivity index (χ3v) is 6.94. The monoisotopic (exact) mass is 497 g/mol. The summed E-state index contributed by atoms with van der Waals surface area (Å²) in [4.78, 5) is 37.9. The number of amides is 3. The highest BCUT2D eigenvalue weighted by Gasteiger charge is 2.35. The Bertz CT molecular complexity index is 1560. The molecule has 4 N–H and O–H groups in total. The van der Waals surface area contributed by atoms with Gasteiger partial charge in [-0.15, -0.1) is 0 Å². The van der Waals surface area contributed by atoms with E-state index in [2.05, 4.69) is 15.2 Å². The normalized spacial score (nSPS) is 14.6. The standard InChI is InChI=1S/C29H31N5O3/c1-18(30)27(35)31-14-8-3-9-15-34-17-22(20-11-5-7-13-24(20)34)26-25(28(36)32-29(26)37)21-16-33(2)23-12-6-4-10-19(21)23/h4-7,10-13,16-18H,3,8-9,14-15,30H2,1-2H3,(H,31,35)(H,32,36,37)/t18-/m0/s1. The second-order valence-corrected chi connectivity index (χ2v) is 9.60. The summed E-state index contributed by atoms with van der Waals surface area (Å²) in [5, 5.41) is 7.24. The smallest absolute Gasteiger partial charge is 0.259 e. The molecule has 3 amide bonds. The van der Waals surface area contributed by atoms with Gasteiger partial charge in [0.25, 0.3) is 11.8 Å². The molecule has 4 aromatic rings. The predicted molar refractivity (Wildman–Crippen MR) is 145 cm³/mol. The molecule has 0 spiro atoms. The molecule has 37 heavy (non-hydrogen) atoms. The van der Waals surface area contributed by atoms with E-state index in [4.69, 9.17) is 5.73 Å². The van der Waals surface area contributed by atoms with Gasteiger partial charge in [0.15, 0.2) is 0 Å². The van der Waals surface area contributed by atoms with Crippen molar-refractivity contribution in [3.05, 3.63) is 72.1 Å². The zero-order valence-electron chi connectivity index (χ0n) is 21.1. The molecule has 3 heterocycles. The van der Waals surface area contributed by atoms with Crippen molar-refractivity contribution in [2.75, 3.05) is 6.54 Å². The van der Waals surface area contributed by atoms with Crippen LogP contribution < -0.4 is 16.4 Å². The van der Waals surface area contributed by atoms with Crippen LogP contribution in [0.4, 0.5) is 0 Å². The van der Waals surface area contributed by atoms with Crippen LogP contribution in [0.15, 0.2) is 60.9 Å². The summed E-state index contributed by atoms with van der Waals surface area (Å²) in [5.41, 5.74) is 9.92. The van der Waals surface area contributed by atoms with Crippen LogP contribution in [0.3, 0.4) is 0 Å². The summed E-state index contributed by atoms with van der Waals surface area (Å²) in [6.07, 6.45) is 6.61. The van der Waals surface area contributed by atoms with Gasteiger partial charge in [-0.05, 0) is 38.3 Å².